The molecule has 0 spiro atoms. The van der Waals surface area contributed by atoms with Crippen LogP contribution in [0.5, 0.6) is 11.5 Å². The summed E-state index contributed by atoms with van der Waals surface area (Å²) in [5, 5.41) is 223. The number of carbonyl (C=O) groups excluding carboxylic acids is 3. The fourth-order valence-corrected chi connectivity index (χ4v) is 13.5. The van der Waals surface area contributed by atoms with Crippen molar-refractivity contribution in [1.29, 1.82) is 0 Å². The largest absolute Gasteiger partial charge is 0.426 e. The average molecular weight is 1480 g/mol. The third-order valence-corrected chi connectivity index (χ3v) is 19.4. The van der Waals surface area contributed by atoms with Crippen LogP contribution in [-0.4, -0.2) is 382 Å². The summed E-state index contributed by atoms with van der Waals surface area (Å²) in [5.41, 5.74) is 7.43. The van der Waals surface area contributed by atoms with E-state index in [1.54, 1.807) is 19.1 Å². The number of hydrogen-bond acceptors (Lipinski definition) is 39. The highest BCUT2D eigenvalue weighted by Gasteiger charge is 2.60. The van der Waals surface area contributed by atoms with Crippen LogP contribution in [0, 0.1) is 5.92 Å². The van der Waals surface area contributed by atoms with Crippen LogP contribution < -0.4 is 25.8 Å². The van der Waals surface area contributed by atoms with Gasteiger partial charge in [0.2, 0.25) is 5.91 Å². The number of hydrogen-bond donors (Lipinski definition) is 22. The summed E-state index contributed by atoms with van der Waals surface area (Å²) in [5.74, 6) is -2.23. The Bertz CT molecular complexity index is 3080. The molecule has 580 valence electrons. The lowest BCUT2D eigenvalue weighted by molar-refractivity contribution is -0.395. The molecule has 2 amide bonds. The highest BCUT2D eigenvalue weighted by molar-refractivity contribution is 5.82. The van der Waals surface area contributed by atoms with Crippen molar-refractivity contribution in [2.24, 2.45) is 11.7 Å². The molecule has 2 aromatic carbocycles. The minimum Gasteiger partial charge on any atom is -0.426 e. The number of fused-ring (bicyclic) bond motifs is 1. The van der Waals surface area contributed by atoms with Gasteiger partial charge >= 0.3 is 12.1 Å². The molecular weight excluding hydrogens is 1390 g/mol. The quantitative estimate of drug-likeness (QED) is 0.0976. The van der Waals surface area contributed by atoms with E-state index in [2.05, 4.69) is 10.6 Å². The van der Waals surface area contributed by atoms with Gasteiger partial charge in [0.25, 0.3) is 0 Å². The van der Waals surface area contributed by atoms with Gasteiger partial charge in [-0.1, -0.05) is 31.2 Å². The Morgan fingerprint density at radius 3 is 0.913 bits per heavy atom. The highest BCUT2D eigenvalue weighted by Crippen LogP contribution is 2.39. The van der Waals surface area contributed by atoms with Crippen molar-refractivity contribution in [3.63, 3.8) is 0 Å². The molecule has 21 saturated heterocycles. The number of nitrogens with one attached hydrogen (secondary N) is 2. The van der Waals surface area contributed by atoms with Gasteiger partial charge in [0.05, 0.1) is 45.0 Å². The van der Waals surface area contributed by atoms with Gasteiger partial charge < -0.3 is 189 Å². The number of ether oxygens (including phenoxy) is 16. The van der Waals surface area contributed by atoms with Gasteiger partial charge in [-0.15, -0.1) is 0 Å². The number of rotatable bonds is 5. The van der Waals surface area contributed by atoms with Gasteiger partial charge in [-0.25, -0.2) is 4.79 Å². The topological polar surface area (TPSA) is 633 Å². The maximum absolute atomic E-state index is 13.9. The Hall–Kier alpha value is -4.71. The molecule has 26 heterocycles. The summed E-state index contributed by atoms with van der Waals surface area (Å²) < 4.78 is 93.9. The van der Waals surface area contributed by atoms with Crippen molar-refractivity contribution in [2.75, 3.05) is 46.1 Å². The van der Waals surface area contributed by atoms with E-state index in [0.717, 1.165) is 0 Å². The molecule has 103 heavy (non-hydrogen) atoms. The van der Waals surface area contributed by atoms with Crippen molar-refractivity contribution in [2.45, 2.75) is 241 Å². The molecule has 26 aliphatic rings. The average Bonchev–Trinajstić information content (AvgIpc) is 0.787. The Morgan fingerprint density at radius 2 is 0.602 bits per heavy atom. The van der Waals surface area contributed by atoms with Crippen LogP contribution in [0.25, 0.3) is 0 Å². The van der Waals surface area contributed by atoms with Crippen LogP contribution in [0.1, 0.15) is 18.1 Å². The van der Waals surface area contributed by atoms with Crippen molar-refractivity contribution in [3.8, 4) is 11.5 Å². The summed E-state index contributed by atoms with van der Waals surface area (Å²) >= 11 is 0. The van der Waals surface area contributed by atoms with Crippen LogP contribution in [0.4, 0.5) is 4.79 Å². The number of amides is 2. The van der Waals surface area contributed by atoms with E-state index in [0.29, 0.717) is 11.1 Å². The lowest BCUT2D eigenvalue weighted by Gasteiger charge is -2.50. The van der Waals surface area contributed by atoms with Gasteiger partial charge in [-0.05, 0) is 48.2 Å². The summed E-state index contributed by atoms with van der Waals surface area (Å²) in [4.78, 5) is 40.9. The van der Waals surface area contributed by atoms with Crippen molar-refractivity contribution < 1.29 is 187 Å². The Kier molecular flexibility index (Phi) is 26.4. The predicted molar refractivity (Wildman–Crippen MR) is 324 cm³/mol. The van der Waals surface area contributed by atoms with Gasteiger partial charge in [-0.3, -0.25) is 9.59 Å². The SMILES string of the molecule is CC1Cc2ccc(cc2)OC(=O)NCC2OC3OC4C(CO)OC(OC5C(CO)OC(OC6C(CNC(=O)C(N)Cc7ccc(cc7)OC1=O)OC(OC1C(CO)OC(OC7C(CO)OC(OC8C(CO)OC(OC2C(O)C3O)C(O)C8O)C(O)C7O)C(O)C1O)C(O)C6O)C(O)C5O)C(O)C4O. The molecule has 41 heteroatoms. The van der Waals surface area contributed by atoms with Crippen LogP contribution in [-0.2, 0) is 88.7 Å². The molecule has 37 unspecified atom stereocenters. The standard InChI is InChI=1S/C62H89N3O38/c1-19-10-20-2-8-23(9-3-20)89-62(87)65-13-26-47-33(72)40(79)56(91-26)100-49-28(15-67)95-59(44(83)37(49)76)101-50-29(16-68)92-57(41(80)34(50)73)97-46-25(12-64-53(85)24(63)11-21-4-6-22(7-5-21)88-54(19)86)90-55(39(78)32(46)71)99-48-27(14-66)94-60(43(82)36(48)75)103-52-31(18-70)96-61(45(84)38(52)77)102-51-30(17-69)93-58(98-47)42(81)35(51)74/h2-9,19,24-52,55-61,66-84H,10-18,63H2,1H3,(H,64,85)(H,65,87). The second-order valence-electron chi connectivity index (χ2n) is 26.4. The van der Waals surface area contributed by atoms with E-state index in [1.807, 2.05) is 0 Å². The minimum absolute atomic E-state index is 0.0546. The maximum Gasteiger partial charge on any atom is 0.412 e. The van der Waals surface area contributed by atoms with Gasteiger partial charge in [0.1, 0.15) is 182 Å². The molecule has 0 saturated carbocycles. The first-order chi connectivity index (χ1) is 49.1. The first-order valence-electron chi connectivity index (χ1n) is 33.3. The van der Waals surface area contributed by atoms with Gasteiger partial charge in [0.15, 0.2) is 44.0 Å². The van der Waals surface area contributed by atoms with Crippen LogP contribution >= 0.6 is 0 Å². The lowest BCUT2D eigenvalue weighted by Crippen LogP contribution is -2.68. The third kappa shape index (κ3) is 17.1. The lowest BCUT2D eigenvalue weighted by atomic mass is 9.95. The van der Waals surface area contributed by atoms with Crippen LogP contribution in [0.2, 0.25) is 0 Å². The molecular formula is C62H89N3O38. The van der Waals surface area contributed by atoms with Crippen LogP contribution in [0.15, 0.2) is 48.5 Å². The normalized spacial score (nSPS) is 47.2. The van der Waals surface area contributed by atoms with E-state index in [1.165, 1.54) is 36.4 Å². The van der Waals surface area contributed by atoms with E-state index in [9.17, 15) is 111 Å². The first kappa shape index (κ1) is 79.3. The second-order valence-corrected chi connectivity index (χ2v) is 26.4. The van der Waals surface area contributed by atoms with E-state index >= 15 is 0 Å². The molecule has 41 nitrogen and oxygen atoms in total. The molecule has 37 atom stereocenters. The van der Waals surface area contributed by atoms with E-state index in [4.69, 9.17) is 81.5 Å². The number of aliphatic hydroxyl groups is 19. The number of benzene rings is 2. The number of carbonyl (C=O) groups is 3. The predicted octanol–water partition coefficient (Wildman–Crippen LogP) is -12.6. The molecule has 0 radical (unpaired) electrons. The molecule has 0 aromatic heterocycles. The third-order valence-electron chi connectivity index (χ3n) is 19.4. The maximum atomic E-state index is 13.9. The number of esters is 1. The monoisotopic (exact) mass is 1480 g/mol. The minimum atomic E-state index is -2.33. The summed E-state index contributed by atoms with van der Waals surface area (Å²) in [6.45, 7) is -5.52. The molecule has 26 aliphatic heterocycles. The van der Waals surface area contributed by atoms with Crippen molar-refractivity contribution >= 4 is 18.0 Å². The highest BCUT2D eigenvalue weighted by atomic mass is 16.8. The molecule has 2 aromatic rings. The zero-order valence-corrected chi connectivity index (χ0v) is 54.7. The molecule has 20 bridgehead atoms. The Labute approximate surface area is 584 Å². The fraction of sp³-hybridized carbons (Fsp3) is 0.758. The second kappa shape index (κ2) is 34.2. The smallest absolute Gasteiger partial charge is 0.412 e. The fourth-order valence-electron chi connectivity index (χ4n) is 13.5. The molecule has 23 N–H and O–H groups in total. The van der Waals surface area contributed by atoms with Crippen molar-refractivity contribution in [3.05, 3.63) is 59.7 Å². The summed E-state index contributed by atoms with van der Waals surface area (Å²) in [7, 11) is 0. The molecule has 0 aliphatic carbocycles. The Morgan fingerprint density at radius 1 is 0.340 bits per heavy atom. The number of aliphatic hydroxyl groups excluding tert-OH is 19. The molecule has 28 rings (SSSR count). The van der Waals surface area contributed by atoms with Gasteiger partial charge in [-0.2, -0.15) is 0 Å². The first-order valence-corrected chi connectivity index (χ1v) is 33.3. The van der Waals surface area contributed by atoms with E-state index in [-0.39, 0.29) is 24.3 Å². The van der Waals surface area contributed by atoms with Gasteiger partial charge in [0, 0.05) is 13.1 Å². The Balaban J connectivity index is 0.958. The zero-order chi connectivity index (χ0) is 74.2. The van der Waals surface area contributed by atoms with Crippen LogP contribution in [0.3, 0.4) is 0 Å². The van der Waals surface area contributed by atoms with E-state index < -0.39 is 291 Å². The summed E-state index contributed by atoms with van der Waals surface area (Å²) in [6.07, 6.45) is -75.0. The van der Waals surface area contributed by atoms with Crippen molar-refractivity contribution in [1.82, 2.24) is 10.6 Å². The zero-order valence-electron chi connectivity index (χ0n) is 54.7. The number of nitrogens with two attached hydrogens (primary N) is 1. The summed E-state index contributed by atoms with van der Waals surface area (Å²) in [6, 6.07) is 10.4. The molecule has 21 fully saturated rings.